The molecular weight excluding hydrogens is 365 g/mol. The second-order valence-electron chi connectivity index (χ2n) is 4.43. The molecule has 0 aromatic heterocycles. The fraction of sp³-hybridized carbons (Fsp3) is 0.462. The summed E-state index contributed by atoms with van der Waals surface area (Å²) in [5, 5.41) is 9.67. The van der Waals surface area contributed by atoms with Gasteiger partial charge in [-0.1, -0.05) is 11.6 Å². The molecule has 3 nitrogen and oxygen atoms in total. The van der Waals surface area contributed by atoms with Crippen molar-refractivity contribution >= 4 is 40.1 Å². The van der Waals surface area contributed by atoms with Gasteiger partial charge in [-0.3, -0.25) is 4.79 Å². The molecule has 1 saturated carbocycles. The van der Waals surface area contributed by atoms with Crippen molar-refractivity contribution in [2.45, 2.75) is 25.3 Å². The average Bonchev–Trinajstić information content (AvgIpc) is 2.28. The van der Waals surface area contributed by atoms with E-state index in [1.807, 2.05) is 6.07 Å². The molecule has 0 atom stereocenters. The molecule has 1 fully saturated rings. The molecule has 0 unspecified atom stereocenters. The van der Waals surface area contributed by atoms with Crippen LogP contribution in [-0.2, 0) is 0 Å². The van der Waals surface area contributed by atoms with E-state index in [1.54, 1.807) is 17.0 Å². The minimum absolute atomic E-state index is 0.000610. The van der Waals surface area contributed by atoms with E-state index in [2.05, 4.69) is 22.6 Å². The molecule has 1 N–H and O–H groups in total. The zero-order chi connectivity index (χ0) is 13.1. The van der Waals surface area contributed by atoms with Crippen LogP contribution in [0, 0.1) is 3.57 Å². The van der Waals surface area contributed by atoms with Crippen molar-refractivity contribution in [1.29, 1.82) is 0 Å². The lowest BCUT2D eigenvalue weighted by atomic mass is 9.91. The van der Waals surface area contributed by atoms with Crippen LogP contribution in [0.15, 0.2) is 18.2 Å². The summed E-state index contributed by atoms with van der Waals surface area (Å²) in [5.41, 5.74) is 0.628. The van der Waals surface area contributed by atoms with Crippen molar-refractivity contribution in [2.24, 2.45) is 0 Å². The van der Waals surface area contributed by atoms with Gasteiger partial charge in [0.15, 0.2) is 0 Å². The molecule has 0 saturated heterocycles. The molecule has 0 spiro atoms. The summed E-state index contributed by atoms with van der Waals surface area (Å²) in [6.45, 7) is 0.394. The van der Waals surface area contributed by atoms with Gasteiger partial charge in [0, 0.05) is 21.2 Å². The van der Waals surface area contributed by atoms with Gasteiger partial charge in [-0.2, -0.15) is 0 Å². The minimum Gasteiger partial charge on any atom is -0.395 e. The van der Waals surface area contributed by atoms with E-state index in [4.69, 9.17) is 16.7 Å². The number of carbonyl (C=O) groups is 1. The topological polar surface area (TPSA) is 40.5 Å². The summed E-state index contributed by atoms with van der Waals surface area (Å²) >= 11 is 8.09. The van der Waals surface area contributed by atoms with Crippen molar-refractivity contribution in [3.63, 3.8) is 0 Å². The van der Waals surface area contributed by atoms with Crippen LogP contribution in [-0.4, -0.2) is 35.1 Å². The van der Waals surface area contributed by atoms with Gasteiger partial charge < -0.3 is 10.0 Å². The molecule has 1 aliphatic carbocycles. The van der Waals surface area contributed by atoms with Gasteiger partial charge in [-0.25, -0.2) is 0 Å². The van der Waals surface area contributed by atoms with Crippen LogP contribution in [0.1, 0.15) is 29.6 Å². The fourth-order valence-corrected chi connectivity index (χ4v) is 2.81. The maximum atomic E-state index is 12.5. The Bertz CT molecular complexity index is 449. The van der Waals surface area contributed by atoms with Gasteiger partial charge >= 0.3 is 0 Å². The third-order valence-corrected chi connectivity index (χ3v) is 4.45. The highest BCUT2D eigenvalue weighted by Crippen LogP contribution is 2.27. The van der Waals surface area contributed by atoms with Crippen LogP contribution in [0.4, 0.5) is 0 Å². The van der Waals surface area contributed by atoms with Gasteiger partial charge in [-0.15, -0.1) is 0 Å². The van der Waals surface area contributed by atoms with Gasteiger partial charge in [0.25, 0.3) is 5.91 Å². The highest BCUT2D eigenvalue weighted by molar-refractivity contribution is 14.1. The van der Waals surface area contributed by atoms with Crippen LogP contribution < -0.4 is 0 Å². The van der Waals surface area contributed by atoms with E-state index in [0.29, 0.717) is 17.1 Å². The summed E-state index contributed by atoms with van der Waals surface area (Å²) in [4.78, 5) is 14.3. The van der Waals surface area contributed by atoms with Crippen molar-refractivity contribution in [3.8, 4) is 0 Å². The Hall–Kier alpha value is -0.330. The van der Waals surface area contributed by atoms with Crippen LogP contribution in [0.25, 0.3) is 0 Å². The zero-order valence-corrected chi connectivity index (χ0v) is 12.8. The van der Waals surface area contributed by atoms with Gasteiger partial charge in [0.1, 0.15) is 0 Å². The standard InChI is InChI=1S/C13H15ClINO2/c14-9-4-5-12(15)11(8-9)13(18)16(6-7-17)10-2-1-3-10/h4-5,8,10,17H,1-3,6-7H2. The lowest BCUT2D eigenvalue weighted by Crippen LogP contribution is -2.45. The lowest BCUT2D eigenvalue weighted by Gasteiger charge is -2.37. The van der Waals surface area contributed by atoms with Crippen LogP contribution >= 0.6 is 34.2 Å². The Morgan fingerprint density at radius 3 is 2.78 bits per heavy atom. The van der Waals surface area contributed by atoms with E-state index >= 15 is 0 Å². The Morgan fingerprint density at radius 1 is 1.50 bits per heavy atom. The fourth-order valence-electron chi connectivity index (χ4n) is 2.07. The quantitative estimate of drug-likeness (QED) is 0.817. The van der Waals surface area contributed by atoms with Crippen molar-refractivity contribution < 1.29 is 9.90 Å². The zero-order valence-electron chi connectivity index (χ0n) is 9.90. The molecule has 1 aromatic rings. The third-order valence-electron chi connectivity index (χ3n) is 3.28. The first-order chi connectivity index (χ1) is 8.63. The number of nitrogens with zero attached hydrogens (tertiary/aromatic N) is 1. The first-order valence-electron chi connectivity index (χ1n) is 6.00. The molecule has 1 amide bonds. The Kier molecular flexibility index (Phi) is 4.86. The predicted octanol–water partition coefficient (Wildman–Crippen LogP) is 2.93. The SMILES string of the molecule is O=C(c1cc(Cl)ccc1I)N(CCO)C1CCC1. The molecular formula is C13H15ClINO2. The van der Waals surface area contributed by atoms with E-state index < -0.39 is 0 Å². The molecule has 1 aromatic carbocycles. The van der Waals surface area contributed by atoms with E-state index in [-0.39, 0.29) is 18.6 Å². The monoisotopic (exact) mass is 379 g/mol. The molecule has 5 heteroatoms. The Labute approximate surface area is 125 Å². The van der Waals surface area contributed by atoms with Crippen LogP contribution in [0.2, 0.25) is 5.02 Å². The number of aliphatic hydroxyl groups excluding tert-OH is 1. The highest BCUT2D eigenvalue weighted by Gasteiger charge is 2.29. The van der Waals surface area contributed by atoms with Crippen LogP contribution in [0.5, 0.6) is 0 Å². The Balaban J connectivity index is 2.23. The van der Waals surface area contributed by atoms with Crippen LogP contribution in [0.3, 0.4) is 0 Å². The number of amides is 1. The molecule has 0 bridgehead atoms. The van der Waals surface area contributed by atoms with E-state index in [0.717, 1.165) is 22.8 Å². The predicted molar refractivity (Wildman–Crippen MR) is 79.9 cm³/mol. The number of carbonyl (C=O) groups excluding carboxylic acids is 1. The second kappa shape index (κ2) is 6.21. The summed E-state index contributed by atoms with van der Waals surface area (Å²) in [6.07, 6.45) is 3.22. The molecule has 0 aliphatic heterocycles. The number of halogens is 2. The van der Waals surface area contributed by atoms with Crippen molar-refractivity contribution in [3.05, 3.63) is 32.4 Å². The first kappa shape index (κ1) is 14.1. The smallest absolute Gasteiger partial charge is 0.255 e. The number of hydrogen-bond donors (Lipinski definition) is 1. The van der Waals surface area contributed by atoms with E-state index in [9.17, 15) is 4.79 Å². The largest absolute Gasteiger partial charge is 0.395 e. The Morgan fingerprint density at radius 2 is 2.22 bits per heavy atom. The summed E-state index contributed by atoms with van der Waals surface area (Å²) in [5.74, 6) is -0.0272. The first-order valence-corrected chi connectivity index (χ1v) is 7.46. The minimum atomic E-state index is -0.0272. The van der Waals surface area contributed by atoms with Crippen molar-refractivity contribution in [2.75, 3.05) is 13.2 Å². The summed E-state index contributed by atoms with van der Waals surface area (Å²) in [6, 6.07) is 5.60. The van der Waals surface area contributed by atoms with Gasteiger partial charge in [-0.05, 0) is 60.1 Å². The number of benzene rings is 1. The number of aliphatic hydroxyl groups is 1. The number of rotatable bonds is 4. The molecule has 1 aliphatic rings. The maximum absolute atomic E-state index is 12.5. The highest BCUT2D eigenvalue weighted by atomic mass is 127. The van der Waals surface area contributed by atoms with E-state index in [1.165, 1.54) is 0 Å². The summed E-state index contributed by atoms with van der Waals surface area (Å²) < 4.78 is 0.893. The van der Waals surface area contributed by atoms with Gasteiger partial charge in [0.05, 0.1) is 12.2 Å². The lowest BCUT2D eigenvalue weighted by molar-refractivity contribution is 0.0525. The molecule has 2 rings (SSSR count). The molecule has 18 heavy (non-hydrogen) atoms. The van der Waals surface area contributed by atoms with Crippen molar-refractivity contribution in [1.82, 2.24) is 4.90 Å². The summed E-state index contributed by atoms with van der Waals surface area (Å²) in [7, 11) is 0. The average molecular weight is 380 g/mol. The number of hydrogen-bond acceptors (Lipinski definition) is 2. The third kappa shape index (κ3) is 2.97. The normalized spacial score (nSPS) is 15.3. The molecule has 98 valence electrons. The molecule has 0 radical (unpaired) electrons. The van der Waals surface area contributed by atoms with Gasteiger partial charge in [0.2, 0.25) is 0 Å². The second-order valence-corrected chi connectivity index (χ2v) is 6.03. The molecule has 0 heterocycles. The maximum Gasteiger partial charge on any atom is 0.255 e.